The molecule has 0 unspecified atom stereocenters. The molecule has 2 N–H and O–H groups in total. The van der Waals surface area contributed by atoms with Crippen molar-refractivity contribution in [3.63, 3.8) is 0 Å². The fourth-order valence-corrected chi connectivity index (χ4v) is 1.73. The predicted octanol–water partition coefficient (Wildman–Crippen LogP) is 1.73. The maximum Gasteiger partial charge on any atom is 0.281 e. The van der Waals surface area contributed by atoms with Crippen molar-refractivity contribution in [1.82, 2.24) is 4.98 Å². The van der Waals surface area contributed by atoms with E-state index >= 15 is 0 Å². The fourth-order valence-electron chi connectivity index (χ4n) is 0.953. The largest absolute Gasteiger partial charge is 0.481 e. The second-order valence-electron chi connectivity index (χ2n) is 2.58. The van der Waals surface area contributed by atoms with Crippen molar-refractivity contribution in [2.24, 2.45) is 5.73 Å². The summed E-state index contributed by atoms with van der Waals surface area (Å²) in [5.41, 5.74) is 4.52. The molecule has 0 fully saturated rings. The molecule has 1 amide bonds. The molecular formula is C8H7F2IN2O2. The van der Waals surface area contributed by atoms with Crippen molar-refractivity contribution in [2.75, 3.05) is 7.11 Å². The minimum atomic E-state index is -2.77. The van der Waals surface area contributed by atoms with Gasteiger partial charge in [-0.05, 0) is 22.6 Å². The molecule has 1 rings (SSSR count). The molecular weight excluding hydrogens is 321 g/mol. The van der Waals surface area contributed by atoms with Gasteiger partial charge in [-0.2, -0.15) is 0 Å². The van der Waals surface area contributed by atoms with Crippen LogP contribution in [0.15, 0.2) is 6.07 Å². The zero-order valence-electron chi connectivity index (χ0n) is 7.63. The SMILES string of the molecule is COc1cc(C(N)=O)c(I)c(C(F)F)n1. The third-order valence-electron chi connectivity index (χ3n) is 1.64. The quantitative estimate of drug-likeness (QED) is 0.860. The van der Waals surface area contributed by atoms with Crippen LogP contribution in [0, 0.1) is 3.57 Å². The normalized spacial score (nSPS) is 10.5. The average molecular weight is 328 g/mol. The number of nitrogens with two attached hydrogens (primary N) is 1. The van der Waals surface area contributed by atoms with E-state index in [9.17, 15) is 13.6 Å². The highest BCUT2D eigenvalue weighted by Gasteiger charge is 2.20. The lowest BCUT2D eigenvalue weighted by atomic mass is 10.2. The van der Waals surface area contributed by atoms with Gasteiger partial charge in [-0.3, -0.25) is 4.79 Å². The molecule has 0 aromatic carbocycles. The number of methoxy groups -OCH3 is 1. The van der Waals surface area contributed by atoms with Gasteiger partial charge in [0.25, 0.3) is 6.43 Å². The number of nitrogens with zero attached hydrogens (tertiary/aromatic N) is 1. The van der Waals surface area contributed by atoms with Crippen molar-refractivity contribution >= 4 is 28.5 Å². The third kappa shape index (κ3) is 2.52. The Balaban J connectivity index is 3.40. The fraction of sp³-hybridized carbons (Fsp3) is 0.250. The third-order valence-corrected chi connectivity index (χ3v) is 2.77. The van der Waals surface area contributed by atoms with Crippen molar-refractivity contribution in [2.45, 2.75) is 6.43 Å². The number of pyridine rings is 1. The number of aromatic nitrogens is 1. The number of hydrogen-bond acceptors (Lipinski definition) is 3. The number of carbonyl (C=O) groups excluding carboxylic acids is 1. The van der Waals surface area contributed by atoms with Crippen molar-refractivity contribution in [3.8, 4) is 5.88 Å². The lowest BCUT2D eigenvalue weighted by Gasteiger charge is -2.08. The first kappa shape index (κ1) is 12.1. The number of halogens is 3. The molecule has 0 aliphatic rings. The number of carbonyl (C=O) groups is 1. The van der Waals surface area contributed by atoms with E-state index in [1.165, 1.54) is 13.2 Å². The number of alkyl halides is 2. The van der Waals surface area contributed by atoms with Crippen LogP contribution in [0.5, 0.6) is 5.88 Å². The van der Waals surface area contributed by atoms with Gasteiger partial charge in [0.2, 0.25) is 11.8 Å². The van der Waals surface area contributed by atoms with Crippen LogP contribution in [-0.4, -0.2) is 18.0 Å². The van der Waals surface area contributed by atoms with E-state index < -0.39 is 18.0 Å². The van der Waals surface area contributed by atoms with Crippen molar-refractivity contribution in [3.05, 3.63) is 20.9 Å². The maximum atomic E-state index is 12.5. The van der Waals surface area contributed by atoms with Gasteiger partial charge in [0.05, 0.1) is 16.2 Å². The van der Waals surface area contributed by atoms with Gasteiger partial charge in [-0.15, -0.1) is 0 Å². The van der Waals surface area contributed by atoms with E-state index in [2.05, 4.69) is 4.98 Å². The molecule has 0 atom stereocenters. The number of primary amides is 1. The first-order valence-electron chi connectivity index (χ1n) is 3.79. The molecule has 0 saturated carbocycles. The van der Waals surface area contributed by atoms with Gasteiger partial charge in [0.15, 0.2) is 0 Å². The predicted molar refractivity (Wildman–Crippen MR) is 57.0 cm³/mol. The average Bonchev–Trinajstić information content (AvgIpc) is 2.17. The minimum Gasteiger partial charge on any atom is -0.481 e. The van der Waals surface area contributed by atoms with Crippen LogP contribution in [0.25, 0.3) is 0 Å². The Bertz CT molecular complexity index is 398. The summed E-state index contributed by atoms with van der Waals surface area (Å²) in [7, 11) is 1.27. The van der Waals surface area contributed by atoms with Crippen molar-refractivity contribution < 1.29 is 18.3 Å². The van der Waals surface area contributed by atoms with Crippen LogP contribution < -0.4 is 10.5 Å². The van der Waals surface area contributed by atoms with Crippen LogP contribution in [-0.2, 0) is 0 Å². The molecule has 4 nitrogen and oxygen atoms in total. The van der Waals surface area contributed by atoms with Crippen LogP contribution in [0.1, 0.15) is 22.5 Å². The summed E-state index contributed by atoms with van der Waals surface area (Å²) in [6.07, 6.45) is -2.77. The van der Waals surface area contributed by atoms with Crippen LogP contribution in [0.2, 0.25) is 0 Å². The summed E-state index contributed by atoms with van der Waals surface area (Å²) in [6.45, 7) is 0. The molecule has 0 saturated heterocycles. The molecule has 1 heterocycles. The highest BCUT2D eigenvalue weighted by molar-refractivity contribution is 14.1. The first-order chi connectivity index (χ1) is 6.97. The van der Waals surface area contributed by atoms with Gasteiger partial charge in [-0.1, -0.05) is 0 Å². The molecule has 15 heavy (non-hydrogen) atoms. The second kappa shape index (κ2) is 4.69. The summed E-state index contributed by atoms with van der Waals surface area (Å²) in [6, 6.07) is 1.23. The molecule has 1 aromatic heterocycles. The Morgan fingerprint density at radius 1 is 1.67 bits per heavy atom. The molecule has 0 aliphatic carbocycles. The van der Waals surface area contributed by atoms with E-state index in [1.54, 1.807) is 22.6 Å². The van der Waals surface area contributed by atoms with Gasteiger partial charge in [0, 0.05) is 6.07 Å². The molecule has 0 spiro atoms. The van der Waals surface area contributed by atoms with E-state index in [0.717, 1.165) is 0 Å². The monoisotopic (exact) mass is 328 g/mol. The Kier molecular flexibility index (Phi) is 3.77. The lowest BCUT2D eigenvalue weighted by molar-refractivity contribution is 0.0997. The van der Waals surface area contributed by atoms with E-state index in [-0.39, 0.29) is 15.0 Å². The number of hydrogen-bond donors (Lipinski definition) is 1. The second-order valence-corrected chi connectivity index (χ2v) is 3.66. The summed E-state index contributed by atoms with van der Waals surface area (Å²) in [5, 5.41) is 0. The number of rotatable bonds is 3. The molecule has 0 bridgehead atoms. The summed E-state index contributed by atoms with van der Waals surface area (Å²) in [5.74, 6) is -0.846. The zero-order chi connectivity index (χ0) is 11.6. The number of ether oxygens (including phenoxy) is 1. The minimum absolute atomic E-state index is 0.0160. The van der Waals surface area contributed by atoms with Gasteiger partial charge in [-0.25, -0.2) is 13.8 Å². The summed E-state index contributed by atoms with van der Waals surface area (Å²) in [4.78, 5) is 14.5. The van der Waals surface area contributed by atoms with Gasteiger partial charge >= 0.3 is 0 Å². The molecule has 82 valence electrons. The van der Waals surface area contributed by atoms with Crippen LogP contribution >= 0.6 is 22.6 Å². The van der Waals surface area contributed by atoms with Crippen molar-refractivity contribution in [1.29, 1.82) is 0 Å². The van der Waals surface area contributed by atoms with Gasteiger partial charge in [0.1, 0.15) is 5.69 Å². The summed E-state index contributed by atoms with van der Waals surface area (Å²) >= 11 is 1.61. The molecule has 7 heteroatoms. The summed E-state index contributed by atoms with van der Waals surface area (Å²) < 4.78 is 29.8. The van der Waals surface area contributed by atoms with E-state index in [1.807, 2.05) is 0 Å². The molecule has 0 aliphatic heterocycles. The smallest absolute Gasteiger partial charge is 0.281 e. The first-order valence-corrected chi connectivity index (χ1v) is 4.87. The van der Waals surface area contributed by atoms with Gasteiger partial charge < -0.3 is 10.5 Å². The van der Waals surface area contributed by atoms with E-state index in [4.69, 9.17) is 10.5 Å². The Morgan fingerprint density at radius 2 is 2.27 bits per heavy atom. The highest BCUT2D eigenvalue weighted by atomic mass is 127. The molecule has 1 aromatic rings. The van der Waals surface area contributed by atoms with E-state index in [0.29, 0.717) is 0 Å². The molecule has 0 radical (unpaired) electrons. The van der Waals surface area contributed by atoms with Crippen LogP contribution in [0.3, 0.4) is 0 Å². The maximum absolute atomic E-state index is 12.5. The lowest BCUT2D eigenvalue weighted by Crippen LogP contribution is -2.15. The highest BCUT2D eigenvalue weighted by Crippen LogP contribution is 2.27. The zero-order valence-corrected chi connectivity index (χ0v) is 9.79. The topological polar surface area (TPSA) is 65.2 Å². The Morgan fingerprint density at radius 3 is 2.67 bits per heavy atom. The number of amides is 1. The Labute approximate surface area is 98.0 Å². The standard InChI is InChI=1S/C8H7F2IN2O2/c1-15-4-2-3(8(12)14)5(11)6(13-4)7(9)10/h2,7H,1H3,(H2,12,14). The Hall–Kier alpha value is -0.990. The van der Waals surface area contributed by atoms with Crippen LogP contribution in [0.4, 0.5) is 8.78 Å².